The van der Waals surface area contributed by atoms with E-state index < -0.39 is 0 Å². The van der Waals surface area contributed by atoms with Gasteiger partial charge in [-0.1, -0.05) is 27.7 Å². The molecule has 0 aliphatic heterocycles. The molecule has 2 rings (SSSR count). The lowest BCUT2D eigenvalue weighted by molar-refractivity contribution is 0.152. The van der Waals surface area contributed by atoms with Crippen molar-refractivity contribution in [3.8, 4) is 0 Å². The van der Waals surface area contributed by atoms with Crippen LogP contribution in [0, 0.1) is 11.3 Å². The van der Waals surface area contributed by atoms with Crippen molar-refractivity contribution >= 4 is 0 Å². The molecule has 0 spiro atoms. The normalized spacial score (nSPS) is 25.1. The second-order valence-electron chi connectivity index (χ2n) is 7.46. The summed E-state index contributed by atoms with van der Waals surface area (Å²) in [6.07, 6.45) is 10.5. The zero-order valence-electron chi connectivity index (χ0n) is 14.4. The lowest BCUT2D eigenvalue weighted by Gasteiger charge is -2.40. The summed E-state index contributed by atoms with van der Waals surface area (Å²) < 4.78 is 2.39. The maximum absolute atomic E-state index is 4.74. The summed E-state index contributed by atoms with van der Waals surface area (Å²) in [5.74, 6) is 2.68. The molecule has 1 aliphatic rings. The summed E-state index contributed by atoms with van der Waals surface area (Å²) in [5.41, 5.74) is 0.453. The van der Waals surface area contributed by atoms with Crippen molar-refractivity contribution < 1.29 is 0 Å². The van der Waals surface area contributed by atoms with E-state index in [1.807, 2.05) is 6.20 Å². The zero-order valence-corrected chi connectivity index (χ0v) is 14.4. The van der Waals surface area contributed by atoms with Crippen LogP contribution in [0.25, 0.3) is 0 Å². The third-order valence-corrected chi connectivity index (χ3v) is 4.91. The van der Waals surface area contributed by atoms with E-state index in [9.17, 15) is 0 Å². The van der Waals surface area contributed by atoms with E-state index in [0.29, 0.717) is 11.3 Å². The average molecular weight is 291 g/mol. The summed E-state index contributed by atoms with van der Waals surface area (Å²) >= 11 is 0. The van der Waals surface area contributed by atoms with Gasteiger partial charge in [0.1, 0.15) is 5.82 Å². The first-order valence-electron chi connectivity index (χ1n) is 8.79. The minimum absolute atomic E-state index is 0.453. The van der Waals surface area contributed by atoms with Gasteiger partial charge in [0, 0.05) is 24.9 Å². The topological polar surface area (TPSA) is 29.9 Å². The van der Waals surface area contributed by atoms with Crippen molar-refractivity contribution in [2.45, 2.75) is 72.3 Å². The molecule has 1 N–H and O–H groups in total. The van der Waals surface area contributed by atoms with Crippen molar-refractivity contribution in [2.24, 2.45) is 11.3 Å². The molecule has 1 saturated carbocycles. The second-order valence-corrected chi connectivity index (χ2v) is 7.46. The van der Waals surface area contributed by atoms with Gasteiger partial charge in [0.25, 0.3) is 0 Å². The van der Waals surface area contributed by atoms with Gasteiger partial charge in [0.05, 0.1) is 0 Å². The summed E-state index contributed by atoms with van der Waals surface area (Å²) in [7, 11) is 0. The first-order valence-corrected chi connectivity index (χ1v) is 8.79. The van der Waals surface area contributed by atoms with Crippen molar-refractivity contribution in [1.82, 2.24) is 14.9 Å². The monoisotopic (exact) mass is 291 g/mol. The van der Waals surface area contributed by atoms with E-state index in [1.54, 1.807) is 0 Å². The third-order valence-electron chi connectivity index (χ3n) is 4.91. The third kappa shape index (κ3) is 4.32. The van der Waals surface area contributed by atoms with E-state index >= 15 is 0 Å². The largest absolute Gasteiger partial charge is 0.335 e. The van der Waals surface area contributed by atoms with E-state index in [1.165, 1.54) is 37.9 Å². The van der Waals surface area contributed by atoms with Crippen LogP contribution < -0.4 is 5.32 Å². The van der Waals surface area contributed by atoms with Crippen LogP contribution in [0.4, 0.5) is 0 Å². The van der Waals surface area contributed by atoms with Gasteiger partial charge in [-0.15, -0.1) is 0 Å². The highest BCUT2D eigenvalue weighted by molar-refractivity contribution is 5.07. The molecule has 0 radical (unpaired) electrons. The van der Waals surface area contributed by atoms with Gasteiger partial charge >= 0.3 is 0 Å². The number of imidazole rings is 1. The van der Waals surface area contributed by atoms with Gasteiger partial charge in [0.15, 0.2) is 0 Å². The summed E-state index contributed by atoms with van der Waals surface area (Å²) in [5, 5.41) is 3.64. The maximum Gasteiger partial charge on any atom is 0.112 e. The number of rotatable bonds is 7. The van der Waals surface area contributed by atoms with Crippen LogP contribution in [-0.4, -0.2) is 22.6 Å². The van der Waals surface area contributed by atoms with E-state index in [0.717, 1.165) is 25.6 Å². The van der Waals surface area contributed by atoms with Crippen LogP contribution in [0.15, 0.2) is 12.4 Å². The Morgan fingerprint density at radius 1 is 1.33 bits per heavy atom. The van der Waals surface area contributed by atoms with E-state index in [-0.39, 0.29) is 0 Å². The molecule has 0 amide bonds. The highest BCUT2D eigenvalue weighted by Gasteiger charge is 2.37. The predicted octanol–water partition coefficient (Wildman–Crippen LogP) is 4.20. The zero-order chi connectivity index (χ0) is 15.3. The number of nitrogens with zero attached hydrogens (tertiary/aromatic N) is 2. The van der Waals surface area contributed by atoms with Crippen LogP contribution >= 0.6 is 0 Å². The summed E-state index contributed by atoms with van der Waals surface area (Å²) in [6.45, 7) is 12.7. The fourth-order valence-corrected chi connectivity index (χ4v) is 3.73. The highest BCUT2D eigenvalue weighted by atomic mass is 15.1. The Labute approximate surface area is 130 Å². The molecular formula is C18H33N3. The Morgan fingerprint density at radius 3 is 2.86 bits per heavy atom. The standard InChI is InChI=1S/C18H33N3/c1-5-9-19-14-15-7-8-18(3,4)13-16(15)17-20-10-12-21(17)11-6-2/h10,12,15-16,19H,5-9,11,13-14H2,1-4H3. The van der Waals surface area contributed by atoms with Crippen molar-refractivity contribution in [3.63, 3.8) is 0 Å². The minimum Gasteiger partial charge on any atom is -0.335 e. The Kier molecular flexibility index (Phi) is 5.86. The molecule has 3 nitrogen and oxygen atoms in total. The van der Waals surface area contributed by atoms with Crippen LogP contribution in [0.1, 0.15) is 71.5 Å². The summed E-state index contributed by atoms with van der Waals surface area (Å²) in [4.78, 5) is 4.74. The molecule has 21 heavy (non-hydrogen) atoms. The molecule has 0 saturated heterocycles. The lowest BCUT2D eigenvalue weighted by Crippen LogP contribution is -2.36. The number of aryl methyl sites for hydroxylation is 1. The predicted molar refractivity (Wildman–Crippen MR) is 89.5 cm³/mol. The van der Waals surface area contributed by atoms with Crippen molar-refractivity contribution in [1.29, 1.82) is 0 Å². The molecule has 0 bridgehead atoms. The molecule has 1 aromatic rings. The SMILES string of the molecule is CCCNCC1CCC(C)(C)CC1c1nccn1CCC. The molecular weight excluding hydrogens is 258 g/mol. The van der Waals surface area contributed by atoms with Gasteiger partial charge in [0.2, 0.25) is 0 Å². The number of aromatic nitrogens is 2. The van der Waals surface area contributed by atoms with Crippen molar-refractivity contribution in [2.75, 3.05) is 13.1 Å². The number of nitrogens with one attached hydrogen (secondary N) is 1. The molecule has 1 aromatic heterocycles. The first kappa shape index (κ1) is 16.5. The van der Waals surface area contributed by atoms with Crippen LogP contribution in [0.5, 0.6) is 0 Å². The second kappa shape index (κ2) is 7.44. The number of hydrogen-bond donors (Lipinski definition) is 1. The first-order chi connectivity index (χ1) is 10.1. The van der Waals surface area contributed by atoms with Crippen LogP contribution in [-0.2, 0) is 6.54 Å². The Hall–Kier alpha value is -0.830. The molecule has 120 valence electrons. The van der Waals surface area contributed by atoms with Gasteiger partial charge in [-0.25, -0.2) is 4.98 Å². The molecule has 1 aliphatic carbocycles. The van der Waals surface area contributed by atoms with E-state index in [4.69, 9.17) is 4.98 Å². The van der Waals surface area contributed by atoms with E-state index in [2.05, 4.69) is 43.8 Å². The van der Waals surface area contributed by atoms with Gasteiger partial charge in [-0.3, -0.25) is 0 Å². The molecule has 2 atom stereocenters. The average Bonchev–Trinajstić information content (AvgIpc) is 2.89. The van der Waals surface area contributed by atoms with Crippen LogP contribution in [0.2, 0.25) is 0 Å². The van der Waals surface area contributed by atoms with Crippen molar-refractivity contribution in [3.05, 3.63) is 18.2 Å². The number of hydrogen-bond acceptors (Lipinski definition) is 2. The van der Waals surface area contributed by atoms with Gasteiger partial charge in [-0.2, -0.15) is 0 Å². The fourth-order valence-electron chi connectivity index (χ4n) is 3.73. The Morgan fingerprint density at radius 2 is 2.14 bits per heavy atom. The van der Waals surface area contributed by atoms with Crippen LogP contribution in [0.3, 0.4) is 0 Å². The molecule has 1 heterocycles. The Bertz CT molecular complexity index is 422. The molecule has 0 aromatic carbocycles. The minimum atomic E-state index is 0.453. The lowest BCUT2D eigenvalue weighted by atomic mass is 9.66. The smallest absolute Gasteiger partial charge is 0.112 e. The Balaban J connectivity index is 2.14. The molecule has 1 fully saturated rings. The van der Waals surface area contributed by atoms with Gasteiger partial charge < -0.3 is 9.88 Å². The molecule has 2 unspecified atom stereocenters. The van der Waals surface area contributed by atoms with Gasteiger partial charge in [-0.05, 0) is 56.5 Å². The quantitative estimate of drug-likeness (QED) is 0.763. The molecule has 3 heteroatoms. The highest BCUT2D eigenvalue weighted by Crippen LogP contribution is 2.46. The summed E-state index contributed by atoms with van der Waals surface area (Å²) in [6, 6.07) is 0. The fraction of sp³-hybridized carbons (Fsp3) is 0.833. The maximum atomic E-state index is 4.74.